The zero-order chi connectivity index (χ0) is 13.8. The van der Waals surface area contributed by atoms with Gasteiger partial charge in [0.2, 0.25) is 0 Å². The van der Waals surface area contributed by atoms with Crippen molar-refractivity contribution in [2.75, 3.05) is 0 Å². The molecule has 1 aromatic rings. The summed E-state index contributed by atoms with van der Waals surface area (Å²) < 4.78 is 0. The molecule has 0 aliphatic rings. The van der Waals surface area contributed by atoms with E-state index in [2.05, 4.69) is 38.6 Å². The monoisotopic (exact) mass is 250 g/mol. The largest absolute Gasteiger partial charge is 0.352 e. The van der Waals surface area contributed by atoms with Gasteiger partial charge in [0.25, 0.3) is 0 Å². The lowest BCUT2D eigenvalue weighted by Crippen LogP contribution is -2.15. The fourth-order valence-electron chi connectivity index (χ4n) is 1.96. The Bertz CT molecular complexity index is 416. The Kier molecular flexibility index (Phi) is 4.76. The topological polar surface area (TPSA) is 35.5 Å². The lowest BCUT2D eigenvalue weighted by atomic mass is 9.82. The van der Waals surface area contributed by atoms with Gasteiger partial charge >= 0.3 is 5.97 Å². The number of carbonyl (C=O) groups is 1. The lowest BCUT2D eigenvalue weighted by Gasteiger charge is -2.24. The molecule has 0 saturated heterocycles. The molecule has 0 saturated carbocycles. The van der Waals surface area contributed by atoms with Crippen molar-refractivity contribution in [2.24, 2.45) is 0 Å². The Balaban J connectivity index is 3.13. The van der Waals surface area contributed by atoms with Crippen LogP contribution in [0.25, 0.3) is 0 Å². The van der Waals surface area contributed by atoms with Crippen LogP contribution in [-0.2, 0) is 21.5 Å². The van der Waals surface area contributed by atoms with Crippen molar-refractivity contribution in [3.05, 3.63) is 29.3 Å². The van der Waals surface area contributed by atoms with Crippen molar-refractivity contribution in [1.82, 2.24) is 0 Å². The Morgan fingerprint density at radius 1 is 1.28 bits per heavy atom. The van der Waals surface area contributed by atoms with E-state index in [1.54, 1.807) is 0 Å². The van der Waals surface area contributed by atoms with E-state index in [1.807, 2.05) is 12.1 Å². The Labute approximate surface area is 109 Å². The van der Waals surface area contributed by atoms with Crippen LogP contribution < -0.4 is 4.89 Å². The van der Waals surface area contributed by atoms with Crippen LogP contribution >= 0.6 is 0 Å². The van der Waals surface area contributed by atoms with Crippen molar-refractivity contribution < 1.29 is 14.6 Å². The van der Waals surface area contributed by atoms with Crippen molar-refractivity contribution in [1.29, 1.82) is 0 Å². The second-order valence-electron chi connectivity index (χ2n) is 5.44. The molecule has 0 aromatic heterocycles. The van der Waals surface area contributed by atoms with Crippen molar-refractivity contribution in [3.8, 4) is 5.75 Å². The van der Waals surface area contributed by atoms with E-state index in [-0.39, 0.29) is 5.41 Å². The number of hydrogen-bond acceptors (Lipinski definition) is 3. The summed E-state index contributed by atoms with van der Waals surface area (Å²) >= 11 is 0. The maximum Gasteiger partial charge on any atom is 0.352 e. The number of hydrogen-bond donors (Lipinski definition) is 0. The van der Waals surface area contributed by atoms with E-state index >= 15 is 0 Å². The first-order chi connectivity index (χ1) is 8.36. The van der Waals surface area contributed by atoms with Gasteiger partial charge in [0.05, 0.1) is 0 Å². The second-order valence-corrected chi connectivity index (χ2v) is 5.44. The first-order valence-corrected chi connectivity index (χ1v) is 6.33. The zero-order valence-electron chi connectivity index (χ0n) is 11.9. The molecule has 3 nitrogen and oxygen atoms in total. The molecule has 18 heavy (non-hydrogen) atoms. The van der Waals surface area contributed by atoms with Crippen molar-refractivity contribution in [2.45, 2.75) is 52.9 Å². The predicted molar refractivity (Wildman–Crippen MR) is 71.5 cm³/mol. The van der Waals surface area contributed by atoms with E-state index in [9.17, 15) is 4.79 Å². The summed E-state index contributed by atoms with van der Waals surface area (Å²) in [5.74, 6) is 0.193. The highest BCUT2D eigenvalue weighted by molar-refractivity contribution is 5.65. The molecule has 0 N–H and O–H groups in total. The van der Waals surface area contributed by atoms with Gasteiger partial charge in [0.1, 0.15) is 0 Å². The quantitative estimate of drug-likeness (QED) is 0.602. The SMILES string of the molecule is CCCc1c(OOC(C)=O)cccc1C(C)(C)C. The van der Waals surface area contributed by atoms with Crippen LogP contribution in [0, 0.1) is 0 Å². The fraction of sp³-hybridized carbons (Fsp3) is 0.533. The summed E-state index contributed by atoms with van der Waals surface area (Å²) in [6.07, 6.45) is 1.92. The van der Waals surface area contributed by atoms with Crippen LogP contribution in [0.15, 0.2) is 18.2 Å². The molecule has 0 amide bonds. The molecule has 3 heteroatoms. The Morgan fingerprint density at radius 3 is 2.44 bits per heavy atom. The lowest BCUT2D eigenvalue weighted by molar-refractivity contribution is -0.211. The van der Waals surface area contributed by atoms with Gasteiger partial charge in [-0.2, -0.15) is 0 Å². The molecule has 100 valence electrons. The molecule has 0 radical (unpaired) electrons. The van der Waals surface area contributed by atoms with E-state index < -0.39 is 5.97 Å². The van der Waals surface area contributed by atoms with Gasteiger partial charge in [-0.25, -0.2) is 4.79 Å². The second kappa shape index (κ2) is 5.89. The maximum atomic E-state index is 10.8. The predicted octanol–water partition coefficient (Wildman–Crippen LogP) is 3.79. The maximum absolute atomic E-state index is 10.8. The minimum absolute atomic E-state index is 0.0418. The van der Waals surface area contributed by atoms with Crippen LogP contribution in [0.4, 0.5) is 0 Å². The third-order valence-corrected chi connectivity index (χ3v) is 2.69. The summed E-state index contributed by atoms with van der Waals surface area (Å²) in [4.78, 5) is 20.6. The minimum atomic E-state index is -0.446. The van der Waals surface area contributed by atoms with Gasteiger partial charge in [-0.05, 0) is 23.5 Å². The highest BCUT2D eigenvalue weighted by Gasteiger charge is 2.20. The summed E-state index contributed by atoms with van der Waals surface area (Å²) in [7, 11) is 0. The molecule has 0 unspecified atom stereocenters. The van der Waals surface area contributed by atoms with E-state index in [0.717, 1.165) is 18.4 Å². The molecule has 0 aliphatic carbocycles. The van der Waals surface area contributed by atoms with Gasteiger partial charge < -0.3 is 0 Å². The molecular weight excluding hydrogens is 228 g/mol. The normalized spacial score (nSPS) is 11.2. The smallest absolute Gasteiger partial charge is 0.287 e. The molecule has 0 heterocycles. The van der Waals surface area contributed by atoms with Gasteiger partial charge in [0, 0.05) is 12.5 Å². The van der Waals surface area contributed by atoms with Crippen LogP contribution in [0.2, 0.25) is 0 Å². The number of benzene rings is 1. The van der Waals surface area contributed by atoms with Crippen LogP contribution in [0.1, 0.15) is 52.2 Å². The Hall–Kier alpha value is -1.51. The van der Waals surface area contributed by atoms with Gasteiger partial charge in [-0.15, -0.1) is 0 Å². The summed E-state index contributed by atoms with van der Waals surface area (Å²) in [5.41, 5.74) is 2.39. The summed E-state index contributed by atoms with van der Waals surface area (Å²) in [5, 5.41) is 0. The van der Waals surface area contributed by atoms with Crippen LogP contribution in [0.5, 0.6) is 5.75 Å². The molecule has 0 fully saturated rings. The van der Waals surface area contributed by atoms with E-state index in [1.165, 1.54) is 12.5 Å². The Morgan fingerprint density at radius 2 is 1.94 bits per heavy atom. The zero-order valence-corrected chi connectivity index (χ0v) is 11.9. The van der Waals surface area contributed by atoms with Crippen LogP contribution in [0.3, 0.4) is 0 Å². The van der Waals surface area contributed by atoms with E-state index in [4.69, 9.17) is 4.89 Å². The average Bonchev–Trinajstić information content (AvgIpc) is 2.26. The van der Waals surface area contributed by atoms with Gasteiger partial charge in [0.15, 0.2) is 5.75 Å². The summed E-state index contributed by atoms with van der Waals surface area (Å²) in [6.45, 7) is 9.94. The van der Waals surface area contributed by atoms with Crippen molar-refractivity contribution >= 4 is 5.97 Å². The number of carbonyl (C=O) groups excluding carboxylic acids is 1. The third kappa shape index (κ3) is 3.76. The van der Waals surface area contributed by atoms with Gasteiger partial charge in [-0.1, -0.05) is 46.2 Å². The van der Waals surface area contributed by atoms with Crippen LogP contribution in [-0.4, -0.2) is 5.97 Å². The van der Waals surface area contributed by atoms with Gasteiger partial charge in [-0.3, -0.25) is 9.78 Å². The molecule has 0 spiro atoms. The minimum Gasteiger partial charge on any atom is -0.287 e. The molecule has 1 rings (SSSR count). The van der Waals surface area contributed by atoms with Crippen molar-refractivity contribution in [3.63, 3.8) is 0 Å². The standard InChI is InChI=1S/C15H22O3/c1-6-8-12-13(15(3,4)5)9-7-10-14(12)18-17-11(2)16/h7,9-10H,6,8H2,1-5H3. The molecule has 0 aliphatic heterocycles. The third-order valence-electron chi connectivity index (χ3n) is 2.69. The van der Waals surface area contributed by atoms with E-state index in [0.29, 0.717) is 5.75 Å². The number of rotatable bonds is 4. The molecule has 1 aromatic carbocycles. The molecule has 0 bridgehead atoms. The molecular formula is C15H22O3. The highest BCUT2D eigenvalue weighted by atomic mass is 17.2. The first-order valence-electron chi connectivity index (χ1n) is 6.33. The average molecular weight is 250 g/mol. The highest BCUT2D eigenvalue weighted by Crippen LogP contribution is 2.32. The molecule has 0 atom stereocenters. The first kappa shape index (κ1) is 14.6. The summed E-state index contributed by atoms with van der Waals surface area (Å²) in [6, 6.07) is 5.87. The fourth-order valence-corrected chi connectivity index (χ4v) is 1.96.